The molecule has 2 amide bonds. The number of likely N-dealkylation sites (tertiary alicyclic amines) is 1. The van der Waals surface area contributed by atoms with Crippen LogP contribution in [0.1, 0.15) is 44.5 Å². The van der Waals surface area contributed by atoms with Gasteiger partial charge in [-0.2, -0.15) is 0 Å². The van der Waals surface area contributed by atoms with Gasteiger partial charge in [0.15, 0.2) is 0 Å². The highest BCUT2D eigenvalue weighted by molar-refractivity contribution is 5.77. The fourth-order valence-electron chi connectivity index (χ4n) is 3.22. The van der Waals surface area contributed by atoms with Crippen LogP contribution >= 0.6 is 0 Å². The summed E-state index contributed by atoms with van der Waals surface area (Å²) in [4.78, 5) is 33.3. The molecule has 2 heterocycles. The number of halogens is 1. The molecule has 1 aromatic heterocycles. The van der Waals surface area contributed by atoms with Gasteiger partial charge in [0.25, 0.3) is 0 Å². The van der Waals surface area contributed by atoms with Gasteiger partial charge < -0.3 is 19.9 Å². The Morgan fingerprint density at radius 1 is 1.42 bits per heavy atom. The molecule has 0 unspecified atom stereocenters. The highest BCUT2D eigenvalue weighted by atomic mass is 19.1. The summed E-state index contributed by atoms with van der Waals surface area (Å²) in [6.07, 6.45) is 2.83. The number of nitrogens with one attached hydrogen (secondary N) is 2. The Balaban J connectivity index is 1.68. The zero-order valence-electron chi connectivity index (χ0n) is 14.8. The van der Waals surface area contributed by atoms with Crippen molar-refractivity contribution in [1.29, 1.82) is 0 Å². The van der Waals surface area contributed by atoms with Gasteiger partial charge in [-0.25, -0.2) is 14.2 Å². The number of imidazole rings is 1. The molecule has 8 heteroatoms. The van der Waals surface area contributed by atoms with Gasteiger partial charge in [0.05, 0.1) is 30.1 Å². The first-order valence-corrected chi connectivity index (χ1v) is 8.93. The number of carbonyl (C=O) groups excluding carboxylic acids is 2. The Labute approximate surface area is 150 Å². The third-order valence-electron chi connectivity index (χ3n) is 4.45. The van der Waals surface area contributed by atoms with Crippen LogP contribution in [0.15, 0.2) is 18.2 Å². The third kappa shape index (κ3) is 4.12. The molecule has 0 saturated carbocycles. The lowest BCUT2D eigenvalue weighted by molar-refractivity contribution is -0.142. The molecule has 2 aromatic rings. The molecular weight excluding hydrogens is 339 g/mol. The number of hydrogen-bond acceptors (Lipinski definition) is 4. The lowest BCUT2D eigenvalue weighted by Crippen LogP contribution is -2.45. The van der Waals surface area contributed by atoms with Crippen molar-refractivity contribution in [3.8, 4) is 0 Å². The van der Waals surface area contributed by atoms with Gasteiger partial charge in [0.2, 0.25) is 0 Å². The van der Waals surface area contributed by atoms with E-state index < -0.39 is 0 Å². The largest absolute Gasteiger partial charge is 0.466 e. The number of benzene rings is 1. The molecular formula is C18H23FN4O3. The Morgan fingerprint density at radius 3 is 3.08 bits per heavy atom. The van der Waals surface area contributed by atoms with Crippen molar-refractivity contribution >= 4 is 23.0 Å². The summed E-state index contributed by atoms with van der Waals surface area (Å²) in [5.74, 6) is -0.00180. The van der Waals surface area contributed by atoms with Crippen LogP contribution in [-0.4, -0.2) is 46.6 Å². The highest BCUT2D eigenvalue weighted by Gasteiger charge is 2.30. The van der Waals surface area contributed by atoms with Gasteiger partial charge in [-0.05, 0) is 44.4 Å². The van der Waals surface area contributed by atoms with Crippen molar-refractivity contribution in [2.75, 3.05) is 19.7 Å². The second-order valence-electron chi connectivity index (χ2n) is 6.28. The minimum atomic E-state index is -0.331. The number of H-pyrrole nitrogens is 1. The Morgan fingerprint density at radius 2 is 2.27 bits per heavy atom. The van der Waals surface area contributed by atoms with Gasteiger partial charge in [-0.1, -0.05) is 0 Å². The number of hydrogen-bond donors (Lipinski definition) is 2. The van der Waals surface area contributed by atoms with Crippen molar-refractivity contribution in [2.24, 2.45) is 0 Å². The highest BCUT2D eigenvalue weighted by Crippen LogP contribution is 2.30. The number of nitrogens with zero attached hydrogens (tertiary/aromatic N) is 2. The zero-order chi connectivity index (χ0) is 18.5. The molecule has 26 heavy (non-hydrogen) atoms. The molecule has 0 radical (unpaired) electrons. The van der Waals surface area contributed by atoms with Crippen LogP contribution in [0, 0.1) is 5.82 Å². The minimum Gasteiger partial charge on any atom is -0.466 e. The van der Waals surface area contributed by atoms with E-state index in [1.807, 2.05) is 0 Å². The van der Waals surface area contributed by atoms with E-state index in [2.05, 4.69) is 15.3 Å². The van der Waals surface area contributed by atoms with Crippen molar-refractivity contribution in [1.82, 2.24) is 20.2 Å². The first kappa shape index (κ1) is 18.2. The summed E-state index contributed by atoms with van der Waals surface area (Å²) >= 11 is 0. The average Bonchev–Trinajstić information content (AvgIpc) is 3.05. The van der Waals surface area contributed by atoms with Crippen molar-refractivity contribution < 1.29 is 18.7 Å². The SMILES string of the molecule is CCOC(=O)CCNC(=O)N1CCCC[C@@H]1c1nc2ccc(F)cc2[nH]1. The number of urea groups is 1. The number of ether oxygens (including phenoxy) is 1. The number of amides is 2. The molecule has 1 aliphatic heterocycles. The second kappa shape index (κ2) is 8.16. The van der Waals surface area contributed by atoms with Crippen molar-refractivity contribution in [3.05, 3.63) is 29.8 Å². The summed E-state index contributed by atoms with van der Waals surface area (Å²) < 4.78 is 18.2. The van der Waals surface area contributed by atoms with Gasteiger partial charge >= 0.3 is 12.0 Å². The number of fused-ring (bicyclic) bond motifs is 1. The van der Waals surface area contributed by atoms with E-state index in [0.717, 1.165) is 19.3 Å². The Hall–Kier alpha value is -2.64. The summed E-state index contributed by atoms with van der Waals surface area (Å²) in [6, 6.07) is 3.97. The number of rotatable bonds is 5. The summed E-state index contributed by atoms with van der Waals surface area (Å²) in [6.45, 7) is 2.91. The van der Waals surface area contributed by atoms with Crippen LogP contribution in [0.5, 0.6) is 0 Å². The monoisotopic (exact) mass is 362 g/mol. The number of aromatic nitrogens is 2. The van der Waals surface area contributed by atoms with Crippen LogP contribution < -0.4 is 5.32 Å². The summed E-state index contributed by atoms with van der Waals surface area (Å²) in [5, 5.41) is 2.77. The first-order valence-electron chi connectivity index (χ1n) is 8.93. The molecule has 0 spiro atoms. The van der Waals surface area contributed by atoms with E-state index in [0.29, 0.717) is 30.0 Å². The molecule has 140 valence electrons. The molecule has 1 saturated heterocycles. The molecule has 2 N–H and O–H groups in total. The second-order valence-corrected chi connectivity index (χ2v) is 6.28. The number of piperidine rings is 1. The van der Waals surface area contributed by atoms with Gasteiger partial charge in [-0.15, -0.1) is 0 Å². The van der Waals surface area contributed by atoms with E-state index >= 15 is 0 Å². The number of carbonyl (C=O) groups is 2. The standard InChI is InChI=1S/C18H23FN4O3/c1-2-26-16(24)8-9-20-18(25)23-10-4-3-5-15(23)17-21-13-7-6-12(19)11-14(13)22-17/h6-7,11,15H,2-5,8-10H2,1H3,(H,20,25)(H,21,22)/t15-/m1/s1. The number of esters is 1. The predicted octanol–water partition coefficient (Wildman–Crippen LogP) is 2.89. The smallest absolute Gasteiger partial charge is 0.318 e. The van der Waals surface area contributed by atoms with Gasteiger partial charge in [0, 0.05) is 13.1 Å². The van der Waals surface area contributed by atoms with E-state index in [9.17, 15) is 14.0 Å². The van der Waals surface area contributed by atoms with Crippen molar-refractivity contribution in [3.63, 3.8) is 0 Å². The van der Waals surface area contributed by atoms with Gasteiger partial charge in [0.1, 0.15) is 11.6 Å². The van der Waals surface area contributed by atoms with Crippen LogP contribution in [0.4, 0.5) is 9.18 Å². The first-order chi connectivity index (χ1) is 12.6. The quantitative estimate of drug-likeness (QED) is 0.801. The fourth-order valence-corrected chi connectivity index (χ4v) is 3.22. The van der Waals surface area contributed by atoms with E-state index in [1.165, 1.54) is 12.1 Å². The molecule has 0 bridgehead atoms. The Bertz CT molecular complexity index is 792. The average molecular weight is 362 g/mol. The Kier molecular flexibility index (Phi) is 5.70. The minimum absolute atomic E-state index is 0.141. The summed E-state index contributed by atoms with van der Waals surface area (Å²) in [5.41, 5.74) is 1.29. The molecule has 1 aliphatic rings. The van der Waals surface area contributed by atoms with Crippen LogP contribution in [-0.2, 0) is 9.53 Å². The predicted molar refractivity (Wildman–Crippen MR) is 94.0 cm³/mol. The molecule has 0 aliphatic carbocycles. The maximum atomic E-state index is 13.4. The number of aromatic amines is 1. The fraction of sp³-hybridized carbons (Fsp3) is 0.500. The molecule has 1 aromatic carbocycles. The normalized spacial score (nSPS) is 17.3. The van der Waals surface area contributed by atoms with Crippen LogP contribution in [0.25, 0.3) is 11.0 Å². The molecule has 1 fully saturated rings. The third-order valence-corrected chi connectivity index (χ3v) is 4.45. The zero-order valence-corrected chi connectivity index (χ0v) is 14.8. The molecule has 1 atom stereocenters. The van der Waals surface area contributed by atoms with Crippen LogP contribution in [0.2, 0.25) is 0 Å². The van der Waals surface area contributed by atoms with Gasteiger partial charge in [-0.3, -0.25) is 4.79 Å². The molecule has 3 rings (SSSR count). The lowest BCUT2D eigenvalue weighted by atomic mass is 10.0. The maximum Gasteiger partial charge on any atom is 0.318 e. The van der Waals surface area contributed by atoms with E-state index in [1.54, 1.807) is 17.9 Å². The topological polar surface area (TPSA) is 87.3 Å². The van der Waals surface area contributed by atoms with E-state index in [-0.39, 0.29) is 36.8 Å². The van der Waals surface area contributed by atoms with Crippen molar-refractivity contribution in [2.45, 2.75) is 38.6 Å². The van der Waals surface area contributed by atoms with Crippen LogP contribution in [0.3, 0.4) is 0 Å². The lowest BCUT2D eigenvalue weighted by Gasteiger charge is -2.34. The summed E-state index contributed by atoms with van der Waals surface area (Å²) in [7, 11) is 0. The van der Waals surface area contributed by atoms with E-state index in [4.69, 9.17) is 4.74 Å². The molecule has 7 nitrogen and oxygen atoms in total. The maximum absolute atomic E-state index is 13.4.